The number of nitrogens with two attached hydrogens (primary N) is 1. The van der Waals surface area contributed by atoms with Crippen LogP contribution in [0.3, 0.4) is 0 Å². The molecule has 32 heavy (non-hydrogen) atoms. The SMILES string of the molecule is CC1(C)C(N)=N[C@](C)(c2nc(NC(=O)c3ncc(F)cc3Cl)ccc2F)[C@@H]2CCN=[S@@]21=O. The van der Waals surface area contributed by atoms with Crippen LogP contribution in [-0.4, -0.2) is 42.5 Å². The smallest absolute Gasteiger partial charge is 0.276 e. The van der Waals surface area contributed by atoms with Gasteiger partial charge in [-0.05, 0) is 45.4 Å². The third-order valence-corrected chi connectivity index (χ3v) is 9.97. The molecule has 2 aromatic heterocycles. The molecular weight excluding hydrogens is 462 g/mol. The Bertz CT molecular complexity index is 1290. The standard InChI is InChI=1S/C20H21ClF2N6O2S/c1-19(2)18(24)29-20(3,13-6-7-26-32(13,19)31)16-12(23)4-5-14(27-16)28-17(30)15-11(21)8-10(22)9-25-15/h4-5,8-9,13H,6-7H2,1-3H3,(H2,24,29)(H,27,28,30)/t13-,20-,32+/m0/s1. The second-order valence-electron chi connectivity index (χ2n) is 8.32. The van der Waals surface area contributed by atoms with Crippen LogP contribution in [0.15, 0.2) is 33.8 Å². The highest BCUT2D eigenvalue weighted by Crippen LogP contribution is 2.47. The summed E-state index contributed by atoms with van der Waals surface area (Å²) in [5.41, 5.74) is 4.50. The Morgan fingerprint density at radius 3 is 2.72 bits per heavy atom. The van der Waals surface area contributed by atoms with Gasteiger partial charge in [0.15, 0.2) is 0 Å². The van der Waals surface area contributed by atoms with Gasteiger partial charge in [0.05, 0.1) is 26.2 Å². The summed E-state index contributed by atoms with van der Waals surface area (Å²) < 4.78 is 45.4. The van der Waals surface area contributed by atoms with Gasteiger partial charge in [-0.15, -0.1) is 0 Å². The van der Waals surface area contributed by atoms with Crippen molar-refractivity contribution < 1.29 is 17.8 Å². The first-order valence-electron chi connectivity index (χ1n) is 9.76. The lowest BCUT2D eigenvalue weighted by molar-refractivity contribution is 0.102. The summed E-state index contributed by atoms with van der Waals surface area (Å²) in [6.07, 6.45) is 1.29. The molecule has 0 aromatic carbocycles. The number of halogens is 3. The predicted octanol–water partition coefficient (Wildman–Crippen LogP) is 3.27. The molecule has 2 aliphatic heterocycles. The van der Waals surface area contributed by atoms with Crippen LogP contribution in [0.5, 0.6) is 0 Å². The number of carbonyl (C=O) groups is 1. The number of pyridine rings is 2. The zero-order chi connectivity index (χ0) is 23.5. The van der Waals surface area contributed by atoms with Crippen molar-refractivity contribution in [3.05, 3.63) is 52.4 Å². The Balaban J connectivity index is 1.76. The second-order valence-corrected chi connectivity index (χ2v) is 11.7. The molecule has 3 N–H and O–H groups in total. The molecule has 0 fully saturated rings. The van der Waals surface area contributed by atoms with E-state index in [9.17, 15) is 17.8 Å². The minimum atomic E-state index is -2.87. The van der Waals surface area contributed by atoms with Crippen LogP contribution in [-0.2, 0) is 15.3 Å². The van der Waals surface area contributed by atoms with Gasteiger partial charge in [-0.3, -0.25) is 9.79 Å². The van der Waals surface area contributed by atoms with Crippen LogP contribution in [0.2, 0.25) is 5.02 Å². The maximum absolute atomic E-state index is 15.0. The lowest BCUT2D eigenvalue weighted by Crippen LogP contribution is -2.58. The summed E-state index contributed by atoms with van der Waals surface area (Å²) in [4.78, 5) is 25.1. The van der Waals surface area contributed by atoms with Crippen LogP contribution < -0.4 is 11.1 Å². The van der Waals surface area contributed by atoms with Gasteiger partial charge in [-0.1, -0.05) is 11.6 Å². The lowest BCUT2D eigenvalue weighted by atomic mass is 9.89. The fourth-order valence-electron chi connectivity index (χ4n) is 4.10. The molecular formula is C20H21ClF2N6O2S. The van der Waals surface area contributed by atoms with Crippen molar-refractivity contribution in [2.24, 2.45) is 15.1 Å². The van der Waals surface area contributed by atoms with E-state index >= 15 is 0 Å². The molecule has 0 saturated carbocycles. The summed E-state index contributed by atoms with van der Waals surface area (Å²) in [5.74, 6) is -2.03. The van der Waals surface area contributed by atoms with E-state index in [-0.39, 0.29) is 28.1 Å². The van der Waals surface area contributed by atoms with Crippen molar-refractivity contribution >= 4 is 38.9 Å². The first kappa shape index (κ1) is 22.5. The van der Waals surface area contributed by atoms with E-state index in [0.29, 0.717) is 13.0 Å². The van der Waals surface area contributed by atoms with E-state index < -0.39 is 42.8 Å². The summed E-state index contributed by atoms with van der Waals surface area (Å²) in [6, 6.07) is 3.34. The highest BCUT2D eigenvalue weighted by atomic mass is 35.5. The van der Waals surface area contributed by atoms with Crippen molar-refractivity contribution in [1.29, 1.82) is 0 Å². The molecule has 2 aromatic rings. The number of rotatable bonds is 3. The van der Waals surface area contributed by atoms with E-state index in [4.69, 9.17) is 17.3 Å². The van der Waals surface area contributed by atoms with Crippen molar-refractivity contribution in [1.82, 2.24) is 9.97 Å². The number of amidine groups is 1. The summed E-state index contributed by atoms with van der Waals surface area (Å²) in [5, 5.41) is 1.68. The van der Waals surface area contributed by atoms with Crippen LogP contribution in [0.1, 0.15) is 43.4 Å². The van der Waals surface area contributed by atoms with E-state index in [1.807, 2.05) is 0 Å². The van der Waals surface area contributed by atoms with Crippen LogP contribution in [0.4, 0.5) is 14.6 Å². The normalized spacial score (nSPS) is 28.4. The van der Waals surface area contributed by atoms with Crippen LogP contribution in [0, 0.1) is 11.6 Å². The monoisotopic (exact) mass is 482 g/mol. The number of anilines is 1. The maximum atomic E-state index is 15.0. The first-order valence-corrected chi connectivity index (χ1v) is 11.7. The van der Waals surface area contributed by atoms with Gasteiger partial charge in [0.2, 0.25) is 0 Å². The molecule has 4 rings (SSSR count). The number of carbonyl (C=O) groups excluding carboxylic acids is 1. The zero-order valence-electron chi connectivity index (χ0n) is 17.5. The Kier molecular flexibility index (Phi) is 5.24. The Morgan fingerprint density at radius 2 is 2.03 bits per heavy atom. The highest BCUT2D eigenvalue weighted by Gasteiger charge is 2.57. The quantitative estimate of drug-likeness (QED) is 0.695. The summed E-state index contributed by atoms with van der Waals surface area (Å²) in [7, 11) is -2.87. The Hall–Kier alpha value is -2.66. The average Bonchev–Trinajstić information content (AvgIpc) is 3.13. The minimum Gasteiger partial charge on any atom is -0.386 e. The maximum Gasteiger partial charge on any atom is 0.276 e. The van der Waals surface area contributed by atoms with Gasteiger partial charge in [0, 0.05) is 6.54 Å². The second kappa shape index (κ2) is 7.45. The molecule has 0 radical (unpaired) electrons. The molecule has 3 atom stereocenters. The van der Waals surface area contributed by atoms with E-state index in [1.54, 1.807) is 20.8 Å². The predicted molar refractivity (Wildman–Crippen MR) is 118 cm³/mol. The van der Waals surface area contributed by atoms with Gasteiger partial charge < -0.3 is 11.1 Å². The van der Waals surface area contributed by atoms with Crippen LogP contribution >= 0.6 is 11.6 Å². The molecule has 8 nitrogen and oxygen atoms in total. The molecule has 4 heterocycles. The topological polar surface area (TPSA) is 123 Å². The van der Waals surface area contributed by atoms with Crippen molar-refractivity contribution in [2.45, 2.75) is 42.7 Å². The van der Waals surface area contributed by atoms with E-state index in [1.165, 1.54) is 6.07 Å². The van der Waals surface area contributed by atoms with Gasteiger partial charge in [-0.25, -0.2) is 27.3 Å². The van der Waals surface area contributed by atoms with E-state index in [0.717, 1.165) is 18.3 Å². The molecule has 1 amide bonds. The van der Waals surface area contributed by atoms with Crippen molar-refractivity contribution in [2.75, 3.05) is 11.9 Å². The van der Waals surface area contributed by atoms with Crippen molar-refractivity contribution in [3.8, 4) is 0 Å². The Labute approximate surface area is 188 Å². The molecule has 0 saturated heterocycles. The molecule has 0 unspecified atom stereocenters. The molecule has 12 heteroatoms. The van der Waals surface area contributed by atoms with Crippen molar-refractivity contribution in [3.63, 3.8) is 0 Å². The van der Waals surface area contributed by atoms with Crippen LogP contribution in [0.25, 0.3) is 0 Å². The summed E-state index contributed by atoms with van der Waals surface area (Å²) >= 11 is 5.89. The number of hydrogen-bond donors (Lipinski definition) is 2. The third-order valence-electron chi connectivity index (χ3n) is 5.98. The minimum absolute atomic E-state index is 0.00476. The fourth-order valence-corrected chi connectivity index (χ4v) is 7.49. The molecule has 0 spiro atoms. The zero-order valence-corrected chi connectivity index (χ0v) is 19.1. The number of fused-ring (bicyclic) bond motifs is 1. The molecule has 0 aliphatic carbocycles. The number of aromatic nitrogens is 2. The number of hydrogen-bond acceptors (Lipinski definition) is 7. The number of amides is 1. The number of aliphatic imine (C=N–C) groups is 1. The highest BCUT2D eigenvalue weighted by molar-refractivity contribution is 7.96. The Morgan fingerprint density at radius 1 is 1.31 bits per heavy atom. The van der Waals surface area contributed by atoms with Gasteiger partial charge in [0.25, 0.3) is 5.91 Å². The van der Waals surface area contributed by atoms with Gasteiger partial charge in [0.1, 0.15) is 45.0 Å². The first-order chi connectivity index (χ1) is 14.9. The third kappa shape index (κ3) is 3.25. The van der Waals surface area contributed by atoms with Gasteiger partial charge in [-0.2, -0.15) is 0 Å². The molecule has 0 bridgehead atoms. The number of nitrogens with one attached hydrogen (secondary N) is 1. The fraction of sp³-hybridized carbons (Fsp3) is 0.400. The lowest BCUT2D eigenvalue weighted by Gasteiger charge is -2.44. The molecule has 2 aliphatic rings. The van der Waals surface area contributed by atoms with E-state index in [2.05, 4.69) is 24.6 Å². The average molecular weight is 483 g/mol. The molecule has 170 valence electrons. The summed E-state index contributed by atoms with van der Waals surface area (Å²) in [6.45, 7) is 5.40. The van der Waals surface area contributed by atoms with Gasteiger partial charge >= 0.3 is 0 Å². The largest absolute Gasteiger partial charge is 0.386 e. The number of nitrogens with zero attached hydrogens (tertiary/aromatic N) is 4.